The highest BCUT2D eigenvalue weighted by Crippen LogP contribution is 2.27. The van der Waals surface area contributed by atoms with Gasteiger partial charge in [0, 0.05) is 49.3 Å². The molecule has 2 N–H and O–H groups in total. The number of carbonyl (C=O) groups is 1. The normalized spacial score (nSPS) is 15.5. The zero-order valence-corrected chi connectivity index (χ0v) is 16.7. The molecule has 0 radical (unpaired) electrons. The van der Waals surface area contributed by atoms with Crippen LogP contribution < -0.4 is 5.32 Å². The van der Waals surface area contributed by atoms with E-state index >= 15 is 0 Å². The lowest BCUT2D eigenvalue weighted by Crippen LogP contribution is -2.35. The topological polar surface area (TPSA) is 78.8 Å². The fraction of sp³-hybridized carbons (Fsp3) is 0.261. The summed E-state index contributed by atoms with van der Waals surface area (Å²) >= 11 is 0. The van der Waals surface area contributed by atoms with Gasteiger partial charge in [-0.25, -0.2) is 4.68 Å². The van der Waals surface area contributed by atoms with Crippen molar-refractivity contribution in [3.8, 4) is 0 Å². The minimum absolute atomic E-state index is 0.166. The predicted molar refractivity (Wildman–Crippen MR) is 116 cm³/mol. The van der Waals surface area contributed by atoms with Gasteiger partial charge in [-0.3, -0.25) is 14.7 Å². The first-order valence-electron chi connectivity index (χ1n) is 10.3. The molecule has 0 aliphatic carbocycles. The van der Waals surface area contributed by atoms with Crippen LogP contribution in [0.3, 0.4) is 0 Å². The Kier molecular flexibility index (Phi) is 5.03. The molecular formula is C23H24N6O. The maximum absolute atomic E-state index is 12.5. The molecule has 1 aromatic carbocycles. The molecule has 4 aromatic rings. The molecule has 1 aliphatic heterocycles. The van der Waals surface area contributed by atoms with Gasteiger partial charge in [0.05, 0.1) is 17.8 Å². The van der Waals surface area contributed by atoms with Crippen LogP contribution in [0.2, 0.25) is 0 Å². The van der Waals surface area contributed by atoms with E-state index in [9.17, 15) is 4.79 Å². The maximum Gasteiger partial charge on any atom is 0.258 e. The second kappa shape index (κ2) is 8.12. The Balaban J connectivity index is 1.21. The molecule has 1 amide bonds. The Morgan fingerprint density at radius 3 is 2.77 bits per heavy atom. The highest BCUT2D eigenvalue weighted by atomic mass is 16.1. The molecule has 0 unspecified atom stereocenters. The second-order valence-electron chi connectivity index (χ2n) is 7.75. The van der Waals surface area contributed by atoms with Crippen molar-refractivity contribution >= 4 is 22.6 Å². The zero-order chi connectivity index (χ0) is 20.3. The molecule has 0 atom stereocenters. The summed E-state index contributed by atoms with van der Waals surface area (Å²) in [6.45, 7) is 2.91. The number of aromatic amines is 1. The lowest BCUT2D eigenvalue weighted by molar-refractivity contribution is 0.102. The number of piperidine rings is 1. The van der Waals surface area contributed by atoms with Crippen molar-refractivity contribution in [3.05, 3.63) is 78.4 Å². The van der Waals surface area contributed by atoms with E-state index < -0.39 is 0 Å². The maximum atomic E-state index is 12.5. The van der Waals surface area contributed by atoms with Crippen LogP contribution in [0.4, 0.5) is 5.82 Å². The average molecular weight is 400 g/mol. The van der Waals surface area contributed by atoms with Crippen molar-refractivity contribution in [2.24, 2.45) is 0 Å². The number of para-hydroxylation sites is 1. The minimum atomic E-state index is -0.166. The Bertz CT molecular complexity index is 1110. The van der Waals surface area contributed by atoms with Crippen LogP contribution in [0.15, 0.2) is 67.1 Å². The van der Waals surface area contributed by atoms with Crippen molar-refractivity contribution in [1.82, 2.24) is 24.6 Å². The number of H-pyrrole nitrogens is 1. The summed E-state index contributed by atoms with van der Waals surface area (Å²) < 4.78 is 1.95. The number of likely N-dealkylation sites (tertiary alicyclic amines) is 1. The number of hydrogen-bond donors (Lipinski definition) is 2. The van der Waals surface area contributed by atoms with Crippen molar-refractivity contribution < 1.29 is 4.79 Å². The molecule has 152 valence electrons. The molecular weight excluding hydrogens is 376 g/mol. The number of nitrogens with zero attached hydrogens (tertiary/aromatic N) is 4. The van der Waals surface area contributed by atoms with E-state index in [0.717, 1.165) is 38.3 Å². The van der Waals surface area contributed by atoms with Crippen molar-refractivity contribution in [3.63, 3.8) is 0 Å². The van der Waals surface area contributed by atoms with Gasteiger partial charge in [0.25, 0.3) is 5.91 Å². The number of benzene rings is 1. The summed E-state index contributed by atoms with van der Waals surface area (Å²) in [4.78, 5) is 22.5. The molecule has 0 saturated carbocycles. The third kappa shape index (κ3) is 3.84. The van der Waals surface area contributed by atoms with E-state index in [-0.39, 0.29) is 11.9 Å². The monoisotopic (exact) mass is 400 g/mol. The fourth-order valence-corrected chi connectivity index (χ4v) is 4.17. The van der Waals surface area contributed by atoms with E-state index in [1.807, 2.05) is 10.7 Å². The summed E-state index contributed by atoms with van der Waals surface area (Å²) in [5.41, 5.74) is 2.98. The summed E-state index contributed by atoms with van der Waals surface area (Å²) in [6, 6.07) is 16.3. The van der Waals surface area contributed by atoms with Crippen molar-refractivity contribution in [2.45, 2.75) is 25.4 Å². The molecule has 1 fully saturated rings. The zero-order valence-electron chi connectivity index (χ0n) is 16.7. The average Bonchev–Trinajstić information content (AvgIpc) is 3.41. The summed E-state index contributed by atoms with van der Waals surface area (Å²) in [6.07, 6.45) is 6.97. The van der Waals surface area contributed by atoms with Crippen LogP contribution in [-0.2, 0) is 6.54 Å². The largest absolute Gasteiger partial charge is 0.357 e. The molecule has 7 heteroatoms. The third-order valence-electron chi connectivity index (χ3n) is 5.72. The molecule has 1 aliphatic rings. The van der Waals surface area contributed by atoms with Crippen LogP contribution in [-0.4, -0.2) is 43.6 Å². The first-order chi connectivity index (χ1) is 14.8. The van der Waals surface area contributed by atoms with Gasteiger partial charge in [0.2, 0.25) is 0 Å². The quantitative estimate of drug-likeness (QED) is 0.533. The Labute approximate surface area is 174 Å². The number of rotatable bonds is 5. The summed E-state index contributed by atoms with van der Waals surface area (Å²) in [5.74, 6) is 0.569. The van der Waals surface area contributed by atoms with Crippen LogP contribution in [0.1, 0.15) is 34.9 Å². The van der Waals surface area contributed by atoms with Gasteiger partial charge in [0.1, 0.15) is 5.82 Å². The van der Waals surface area contributed by atoms with E-state index in [1.54, 1.807) is 30.7 Å². The van der Waals surface area contributed by atoms with Crippen LogP contribution in [0, 0.1) is 0 Å². The lowest BCUT2D eigenvalue weighted by Gasteiger charge is -2.32. The molecule has 3 aromatic heterocycles. The fourth-order valence-electron chi connectivity index (χ4n) is 4.17. The third-order valence-corrected chi connectivity index (χ3v) is 5.72. The number of fused-ring (bicyclic) bond motifs is 1. The number of aromatic nitrogens is 4. The number of carbonyl (C=O) groups excluding carboxylic acids is 1. The predicted octanol–water partition coefficient (Wildman–Crippen LogP) is 3.85. The van der Waals surface area contributed by atoms with Gasteiger partial charge in [-0.2, -0.15) is 5.10 Å². The Morgan fingerprint density at radius 2 is 1.97 bits per heavy atom. The summed E-state index contributed by atoms with van der Waals surface area (Å²) in [5, 5.41) is 8.72. The molecule has 5 rings (SSSR count). The van der Waals surface area contributed by atoms with Crippen LogP contribution in [0.25, 0.3) is 10.9 Å². The van der Waals surface area contributed by atoms with Gasteiger partial charge in [-0.1, -0.05) is 18.2 Å². The lowest BCUT2D eigenvalue weighted by atomic mass is 10.0. The number of nitrogens with one attached hydrogen (secondary N) is 2. The Hall–Kier alpha value is -3.45. The van der Waals surface area contributed by atoms with E-state index in [2.05, 4.69) is 55.6 Å². The summed E-state index contributed by atoms with van der Waals surface area (Å²) in [7, 11) is 0. The number of hydrogen-bond acceptors (Lipinski definition) is 4. The van der Waals surface area contributed by atoms with E-state index in [0.29, 0.717) is 5.56 Å². The highest BCUT2D eigenvalue weighted by molar-refractivity contribution is 6.03. The second-order valence-corrected chi connectivity index (χ2v) is 7.75. The molecule has 1 saturated heterocycles. The SMILES string of the molecule is O=C(Nc1ccnn1C1CCN(Cc2cc3ccccc3[nH]2)CC1)c1cccnc1. The van der Waals surface area contributed by atoms with E-state index in [1.165, 1.54) is 16.6 Å². The number of anilines is 1. The van der Waals surface area contributed by atoms with Gasteiger partial charge in [-0.15, -0.1) is 0 Å². The first kappa shape index (κ1) is 18.6. The number of amides is 1. The van der Waals surface area contributed by atoms with Crippen molar-refractivity contribution in [1.29, 1.82) is 0 Å². The van der Waals surface area contributed by atoms with Gasteiger partial charge >= 0.3 is 0 Å². The van der Waals surface area contributed by atoms with Crippen LogP contribution in [0.5, 0.6) is 0 Å². The molecule has 0 spiro atoms. The van der Waals surface area contributed by atoms with Crippen molar-refractivity contribution in [2.75, 3.05) is 18.4 Å². The van der Waals surface area contributed by atoms with Crippen LogP contribution >= 0.6 is 0 Å². The standard InChI is InChI=1S/C23H24N6O/c30-23(18-5-3-10-24-15-18)27-22-7-11-25-29(22)20-8-12-28(13-9-20)16-19-14-17-4-1-2-6-21(17)26-19/h1-7,10-11,14-15,20,26H,8-9,12-13,16H2,(H,27,30). The van der Waals surface area contributed by atoms with Gasteiger partial charge in [-0.05, 0) is 42.5 Å². The minimum Gasteiger partial charge on any atom is -0.357 e. The van der Waals surface area contributed by atoms with E-state index in [4.69, 9.17) is 0 Å². The smallest absolute Gasteiger partial charge is 0.258 e. The molecule has 0 bridgehead atoms. The molecule has 4 heterocycles. The van der Waals surface area contributed by atoms with Gasteiger partial charge in [0.15, 0.2) is 0 Å². The van der Waals surface area contributed by atoms with Gasteiger partial charge < -0.3 is 10.3 Å². The first-order valence-corrected chi connectivity index (χ1v) is 10.3. The molecule has 30 heavy (non-hydrogen) atoms. The number of pyridine rings is 1. The Morgan fingerprint density at radius 1 is 1.10 bits per heavy atom. The molecule has 7 nitrogen and oxygen atoms in total. The highest BCUT2D eigenvalue weighted by Gasteiger charge is 2.23.